The number of para-hydroxylation sites is 2. The van der Waals surface area contributed by atoms with Crippen molar-refractivity contribution in [3.63, 3.8) is 0 Å². The standard InChI is InChI=1S/C20H19ClN4O3S/c21-15-5-3-4-14(12-15)19-23-24-20(28-19)29-13-18(26)22-16-6-1-2-7-17(16)25-8-10-27-11-9-25/h1-7,12H,8-11,13H2,(H,22,26). The predicted octanol–water partition coefficient (Wildman–Crippen LogP) is 3.96. The Balaban J connectivity index is 1.36. The number of hydrogen-bond donors (Lipinski definition) is 1. The molecule has 0 saturated carbocycles. The van der Waals surface area contributed by atoms with Crippen molar-refractivity contribution in [2.24, 2.45) is 0 Å². The Labute approximate surface area is 177 Å². The normalized spacial score (nSPS) is 14.0. The van der Waals surface area contributed by atoms with Crippen LogP contribution in [0.25, 0.3) is 11.5 Å². The molecule has 2 heterocycles. The minimum Gasteiger partial charge on any atom is -0.411 e. The fourth-order valence-corrected chi connectivity index (χ4v) is 3.73. The van der Waals surface area contributed by atoms with Crippen molar-refractivity contribution < 1.29 is 13.9 Å². The molecule has 1 aliphatic heterocycles. The van der Waals surface area contributed by atoms with Gasteiger partial charge in [-0.1, -0.05) is 41.6 Å². The van der Waals surface area contributed by atoms with Crippen LogP contribution in [0, 0.1) is 0 Å². The molecule has 7 nitrogen and oxygen atoms in total. The number of nitrogens with zero attached hydrogens (tertiary/aromatic N) is 3. The first-order valence-corrected chi connectivity index (χ1v) is 10.5. The van der Waals surface area contributed by atoms with Crippen LogP contribution in [-0.4, -0.2) is 48.2 Å². The van der Waals surface area contributed by atoms with Gasteiger partial charge >= 0.3 is 0 Å². The summed E-state index contributed by atoms with van der Waals surface area (Å²) in [4.78, 5) is 14.7. The summed E-state index contributed by atoms with van der Waals surface area (Å²) in [5.41, 5.74) is 2.51. The maximum absolute atomic E-state index is 12.5. The molecule has 3 aromatic rings. The van der Waals surface area contributed by atoms with E-state index in [1.807, 2.05) is 36.4 Å². The number of aromatic nitrogens is 2. The molecule has 9 heteroatoms. The highest BCUT2D eigenvalue weighted by molar-refractivity contribution is 7.99. The second kappa shape index (κ2) is 9.30. The highest BCUT2D eigenvalue weighted by Crippen LogP contribution is 2.28. The fourth-order valence-electron chi connectivity index (χ4n) is 2.98. The van der Waals surface area contributed by atoms with Gasteiger partial charge in [0.25, 0.3) is 5.22 Å². The molecule has 1 aliphatic rings. The average Bonchev–Trinajstić information content (AvgIpc) is 3.23. The van der Waals surface area contributed by atoms with Gasteiger partial charge in [-0.3, -0.25) is 4.79 Å². The minimum absolute atomic E-state index is 0.141. The van der Waals surface area contributed by atoms with Crippen LogP contribution in [-0.2, 0) is 9.53 Å². The van der Waals surface area contributed by atoms with Gasteiger partial charge in [0, 0.05) is 23.7 Å². The quantitative estimate of drug-likeness (QED) is 0.593. The van der Waals surface area contributed by atoms with Gasteiger partial charge in [-0.05, 0) is 30.3 Å². The maximum atomic E-state index is 12.5. The van der Waals surface area contributed by atoms with Gasteiger partial charge in [-0.25, -0.2) is 0 Å². The molecule has 0 atom stereocenters. The molecule has 150 valence electrons. The van der Waals surface area contributed by atoms with Crippen molar-refractivity contribution in [1.29, 1.82) is 0 Å². The van der Waals surface area contributed by atoms with Crippen LogP contribution in [0.5, 0.6) is 0 Å². The van der Waals surface area contributed by atoms with Gasteiger partial charge in [-0.15, -0.1) is 10.2 Å². The number of amides is 1. The summed E-state index contributed by atoms with van der Waals surface area (Å²) in [5.74, 6) is 0.389. The molecule has 29 heavy (non-hydrogen) atoms. The number of thioether (sulfide) groups is 1. The largest absolute Gasteiger partial charge is 0.411 e. The average molecular weight is 431 g/mol. The van der Waals surface area contributed by atoms with E-state index in [9.17, 15) is 4.79 Å². The number of halogens is 1. The van der Waals surface area contributed by atoms with Gasteiger partial charge in [0.2, 0.25) is 11.8 Å². The second-order valence-electron chi connectivity index (χ2n) is 6.34. The lowest BCUT2D eigenvalue weighted by atomic mass is 10.2. The topological polar surface area (TPSA) is 80.5 Å². The smallest absolute Gasteiger partial charge is 0.277 e. The lowest BCUT2D eigenvalue weighted by Gasteiger charge is -2.30. The molecule has 0 bridgehead atoms. The van der Waals surface area contributed by atoms with Crippen LogP contribution in [0.4, 0.5) is 11.4 Å². The third-order valence-electron chi connectivity index (χ3n) is 4.33. The fraction of sp³-hybridized carbons (Fsp3) is 0.250. The van der Waals surface area contributed by atoms with E-state index < -0.39 is 0 Å². The van der Waals surface area contributed by atoms with Crippen molar-refractivity contribution in [2.45, 2.75) is 5.22 Å². The van der Waals surface area contributed by atoms with Crippen molar-refractivity contribution in [1.82, 2.24) is 10.2 Å². The van der Waals surface area contributed by atoms with E-state index in [-0.39, 0.29) is 11.7 Å². The first-order chi connectivity index (χ1) is 14.2. The number of nitrogens with one attached hydrogen (secondary N) is 1. The molecule has 0 unspecified atom stereocenters. The molecule has 0 aliphatic carbocycles. The molecule has 1 saturated heterocycles. The molecular formula is C20H19ClN4O3S. The van der Waals surface area contributed by atoms with Crippen LogP contribution < -0.4 is 10.2 Å². The third kappa shape index (κ3) is 5.09. The summed E-state index contributed by atoms with van der Waals surface area (Å²) < 4.78 is 11.0. The molecule has 1 aromatic heterocycles. The number of hydrogen-bond acceptors (Lipinski definition) is 7. The number of benzene rings is 2. The van der Waals surface area contributed by atoms with Crippen LogP contribution in [0.3, 0.4) is 0 Å². The summed E-state index contributed by atoms with van der Waals surface area (Å²) in [6.45, 7) is 2.97. The first-order valence-electron chi connectivity index (χ1n) is 9.13. The Morgan fingerprint density at radius 3 is 2.79 bits per heavy atom. The molecule has 0 radical (unpaired) electrons. The number of morpholine rings is 1. The zero-order valence-electron chi connectivity index (χ0n) is 15.5. The lowest BCUT2D eigenvalue weighted by Crippen LogP contribution is -2.36. The van der Waals surface area contributed by atoms with E-state index in [1.54, 1.807) is 12.1 Å². The summed E-state index contributed by atoms with van der Waals surface area (Å²) >= 11 is 7.18. The van der Waals surface area contributed by atoms with Crippen molar-refractivity contribution in [3.8, 4) is 11.5 Å². The Hall–Kier alpha value is -2.55. The van der Waals surface area contributed by atoms with Crippen LogP contribution in [0.15, 0.2) is 58.2 Å². The lowest BCUT2D eigenvalue weighted by molar-refractivity contribution is -0.113. The van der Waals surface area contributed by atoms with E-state index >= 15 is 0 Å². The van der Waals surface area contributed by atoms with Gasteiger partial charge < -0.3 is 19.4 Å². The monoisotopic (exact) mass is 430 g/mol. The van der Waals surface area contributed by atoms with Crippen LogP contribution in [0.1, 0.15) is 0 Å². The van der Waals surface area contributed by atoms with Gasteiger partial charge in [0.05, 0.1) is 30.3 Å². The van der Waals surface area contributed by atoms with Gasteiger partial charge in [0.15, 0.2) is 0 Å². The molecule has 1 amide bonds. The molecule has 4 rings (SSSR count). The number of ether oxygens (including phenoxy) is 1. The van der Waals surface area contributed by atoms with Crippen molar-refractivity contribution in [2.75, 3.05) is 42.3 Å². The van der Waals surface area contributed by atoms with E-state index in [0.29, 0.717) is 29.3 Å². The zero-order valence-corrected chi connectivity index (χ0v) is 17.1. The molecule has 2 aromatic carbocycles. The zero-order chi connectivity index (χ0) is 20.1. The number of carbonyl (C=O) groups excluding carboxylic acids is 1. The van der Waals surface area contributed by atoms with E-state index in [1.165, 1.54) is 11.8 Å². The maximum Gasteiger partial charge on any atom is 0.277 e. The van der Waals surface area contributed by atoms with Gasteiger partial charge in [-0.2, -0.15) is 0 Å². The Morgan fingerprint density at radius 2 is 1.97 bits per heavy atom. The third-order valence-corrected chi connectivity index (χ3v) is 5.39. The number of carbonyl (C=O) groups is 1. The van der Waals surface area contributed by atoms with Crippen molar-refractivity contribution >= 4 is 40.6 Å². The van der Waals surface area contributed by atoms with Crippen LogP contribution >= 0.6 is 23.4 Å². The summed E-state index contributed by atoms with van der Waals surface area (Å²) in [6.07, 6.45) is 0. The Kier molecular flexibility index (Phi) is 6.33. The molecule has 0 spiro atoms. The highest BCUT2D eigenvalue weighted by atomic mass is 35.5. The summed E-state index contributed by atoms with van der Waals surface area (Å²) in [5, 5.41) is 11.9. The van der Waals surface area contributed by atoms with Crippen molar-refractivity contribution in [3.05, 3.63) is 53.6 Å². The van der Waals surface area contributed by atoms with Gasteiger partial charge in [0.1, 0.15) is 0 Å². The van der Waals surface area contributed by atoms with E-state index in [4.69, 9.17) is 20.8 Å². The molecule has 1 fully saturated rings. The summed E-state index contributed by atoms with van der Waals surface area (Å²) in [6, 6.07) is 14.9. The summed E-state index contributed by atoms with van der Waals surface area (Å²) in [7, 11) is 0. The SMILES string of the molecule is O=C(CSc1nnc(-c2cccc(Cl)c2)o1)Nc1ccccc1N1CCOCC1. The number of rotatable bonds is 6. The minimum atomic E-state index is -0.141. The Morgan fingerprint density at radius 1 is 1.14 bits per heavy atom. The van der Waals surface area contributed by atoms with E-state index in [2.05, 4.69) is 20.4 Å². The molecule has 1 N–H and O–H groups in total. The molecular weight excluding hydrogens is 412 g/mol. The first kappa shape index (κ1) is 19.8. The second-order valence-corrected chi connectivity index (χ2v) is 7.70. The van der Waals surface area contributed by atoms with E-state index in [0.717, 1.165) is 30.0 Å². The van der Waals surface area contributed by atoms with Crippen LogP contribution in [0.2, 0.25) is 5.02 Å². The Bertz CT molecular complexity index is 991. The highest BCUT2D eigenvalue weighted by Gasteiger charge is 2.16. The predicted molar refractivity (Wildman–Crippen MR) is 114 cm³/mol. The number of anilines is 2.